The summed E-state index contributed by atoms with van der Waals surface area (Å²) in [5.41, 5.74) is 5.77. The molecule has 2 rings (SSSR count). The van der Waals surface area contributed by atoms with E-state index in [2.05, 4.69) is 27.9 Å². The van der Waals surface area contributed by atoms with Crippen LogP contribution < -0.4 is 11.1 Å². The lowest BCUT2D eigenvalue weighted by Gasteiger charge is -2.06. The van der Waals surface area contributed by atoms with Crippen LogP contribution in [-0.2, 0) is 9.53 Å². The number of nitrogens with two attached hydrogens (primary N) is 1. The number of anilines is 1. The zero-order valence-corrected chi connectivity index (χ0v) is 14.1. The summed E-state index contributed by atoms with van der Waals surface area (Å²) in [6.45, 7) is -0.444. The van der Waals surface area contributed by atoms with Crippen LogP contribution in [0.4, 0.5) is 5.00 Å². The first-order valence-corrected chi connectivity index (χ1v) is 8.03. The molecule has 114 valence electrons. The first kappa shape index (κ1) is 16.4. The van der Waals surface area contributed by atoms with Crippen LogP contribution in [0.3, 0.4) is 0 Å². The number of ether oxygens (including phenoxy) is 1. The third-order valence-corrected chi connectivity index (χ3v) is 4.08. The Morgan fingerprint density at radius 1 is 1.27 bits per heavy atom. The molecule has 6 nitrogen and oxygen atoms in total. The third kappa shape index (κ3) is 4.28. The number of hydrogen-bond acceptors (Lipinski definition) is 5. The molecule has 0 aliphatic carbocycles. The molecule has 8 heteroatoms. The maximum Gasteiger partial charge on any atom is 0.338 e. The summed E-state index contributed by atoms with van der Waals surface area (Å²) >= 11 is 3.24. The number of hydrogen-bond donors (Lipinski definition) is 2. The molecule has 1 aromatic heterocycles. The molecule has 0 fully saturated rings. The molecule has 0 bridgehead atoms. The van der Waals surface area contributed by atoms with Gasteiger partial charge in [0.25, 0.3) is 11.8 Å². The second-order valence-electron chi connectivity index (χ2n) is 4.16. The number of carbonyl (C=O) groups excluding carboxylic acids is 3. The first-order valence-electron chi connectivity index (χ1n) is 6.07. The smallest absolute Gasteiger partial charge is 0.338 e. The number of carbonyl (C=O) groups is 3. The summed E-state index contributed by atoms with van der Waals surface area (Å²) in [5.74, 6) is -1.76. The van der Waals surface area contributed by atoms with E-state index in [1.165, 1.54) is 6.07 Å². The van der Waals surface area contributed by atoms with Crippen molar-refractivity contribution in [2.24, 2.45) is 5.73 Å². The highest BCUT2D eigenvalue weighted by atomic mass is 127. The average molecular weight is 430 g/mol. The lowest BCUT2D eigenvalue weighted by Crippen LogP contribution is -2.22. The molecule has 0 atom stereocenters. The van der Waals surface area contributed by atoms with Gasteiger partial charge in [-0.05, 0) is 52.2 Å². The number of thiophene rings is 1. The minimum absolute atomic E-state index is 0.224. The highest BCUT2D eigenvalue weighted by molar-refractivity contribution is 14.1. The standard InChI is InChI=1S/C14H11IN2O4S/c15-9-3-1-2-8(6-9)14(20)21-7-11(18)17-13-10(12(16)19)4-5-22-13/h1-6H,7H2,(H2,16,19)(H,17,18). The Labute approximate surface area is 143 Å². The highest BCUT2D eigenvalue weighted by Gasteiger charge is 2.14. The van der Waals surface area contributed by atoms with Gasteiger partial charge in [0.15, 0.2) is 6.61 Å². The molecule has 2 amide bonds. The molecule has 2 aromatic rings. The van der Waals surface area contributed by atoms with Crippen molar-refractivity contribution in [3.8, 4) is 0 Å². The minimum atomic E-state index is -0.632. The van der Waals surface area contributed by atoms with E-state index in [0.29, 0.717) is 10.6 Å². The maximum absolute atomic E-state index is 11.8. The maximum atomic E-state index is 11.8. The van der Waals surface area contributed by atoms with Gasteiger partial charge in [-0.15, -0.1) is 11.3 Å². The fourth-order valence-electron chi connectivity index (χ4n) is 1.59. The van der Waals surface area contributed by atoms with Gasteiger partial charge in [-0.25, -0.2) is 4.79 Å². The molecule has 0 unspecified atom stereocenters. The van der Waals surface area contributed by atoms with E-state index in [0.717, 1.165) is 14.9 Å². The van der Waals surface area contributed by atoms with Gasteiger partial charge in [-0.2, -0.15) is 0 Å². The summed E-state index contributed by atoms with van der Waals surface area (Å²) in [7, 11) is 0. The van der Waals surface area contributed by atoms with Gasteiger partial charge in [0.2, 0.25) is 0 Å². The van der Waals surface area contributed by atoms with Crippen molar-refractivity contribution < 1.29 is 19.1 Å². The van der Waals surface area contributed by atoms with Gasteiger partial charge in [0.1, 0.15) is 5.00 Å². The Bertz CT molecular complexity index is 729. The molecular formula is C14H11IN2O4S. The molecule has 0 spiro atoms. The fourth-order valence-corrected chi connectivity index (χ4v) is 2.94. The number of esters is 1. The van der Waals surface area contributed by atoms with Crippen LogP contribution in [0.2, 0.25) is 0 Å². The zero-order chi connectivity index (χ0) is 16.1. The number of nitrogens with one attached hydrogen (secondary N) is 1. The lowest BCUT2D eigenvalue weighted by atomic mass is 10.2. The van der Waals surface area contributed by atoms with Crippen molar-refractivity contribution in [1.82, 2.24) is 0 Å². The number of halogens is 1. The lowest BCUT2D eigenvalue weighted by molar-refractivity contribution is -0.119. The fraction of sp³-hybridized carbons (Fsp3) is 0.0714. The van der Waals surface area contributed by atoms with E-state index in [1.807, 2.05) is 6.07 Å². The van der Waals surface area contributed by atoms with Gasteiger partial charge in [-0.1, -0.05) is 6.07 Å². The zero-order valence-electron chi connectivity index (χ0n) is 11.2. The molecule has 1 heterocycles. The highest BCUT2D eigenvalue weighted by Crippen LogP contribution is 2.22. The predicted octanol–water partition coefficient (Wildman–Crippen LogP) is 2.25. The molecule has 3 N–H and O–H groups in total. The summed E-state index contributed by atoms with van der Waals surface area (Å²) in [6, 6.07) is 8.34. The van der Waals surface area contributed by atoms with Crippen molar-refractivity contribution in [1.29, 1.82) is 0 Å². The summed E-state index contributed by atoms with van der Waals surface area (Å²) in [5, 5.41) is 4.46. The Hall–Kier alpha value is -1.94. The monoisotopic (exact) mass is 430 g/mol. The Morgan fingerprint density at radius 2 is 2.05 bits per heavy atom. The van der Waals surface area contributed by atoms with Crippen LogP contribution in [0.5, 0.6) is 0 Å². The average Bonchev–Trinajstić information content (AvgIpc) is 2.93. The second-order valence-corrected chi connectivity index (χ2v) is 6.32. The van der Waals surface area contributed by atoms with E-state index >= 15 is 0 Å². The number of primary amides is 1. The molecule has 0 saturated heterocycles. The molecule has 0 saturated carbocycles. The van der Waals surface area contributed by atoms with Crippen molar-refractivity contribution in [3.05, 3.63) is 50.4 Å². The number of amides is 2. The normalized spacial score (nSPS) is 10.0. The van der Waals surface area contributed by atoms with Crippen molar-refractivity contribution in [2.75, 3.05) is 11.9 Å². The van der Waals surface area contributed by atoms with Crippen LogP contribution in [0.25, 0.3) is 0 Å². The number of rotatable bonds is 5. The van der Waals surface area contributed by atoms with E-state index in [9.17, 15) is 14.4 Å². The number of benzene rings is 1. The molecule has 1 aromatic carbocycles. The van der Waals surface area contributed by atoms with E-state index in [4.69, 9.17) is 10.5 Å². The topological polar surface area (TPSA) is 98.5 Å². The van der Waals surface area contributed by atoms with Crippen LogP contribution in [0.1, 0.15) is 20.7 Å². The largest absolute Gasteiger partial charge is 0.452 e. The summed E-state index contributed by atoms with van der Waals surface area (Å²) in [6.07, 6.45) is 0. The molecule has 22 heavy (non-hydrogen) atoms. The van der Waals surface area contributed by atoms with Crippen LogP contribution in [0.15, 0.2) is 35.7 Å². The van der Waals surface area contributed by atoms with E-state index in [1.54, 1.807) is 23.6 Å². The Balaban J connectivity index is 1.91. The quantitative estimate of drug-likeness (QED) is 0.562. The SMILES string of the molecule is NC(=O)c1ccsc1NC(=O)COC(=O)c1cccc(I)c1. The first-order chi connectivity index (χ1) is 10.5. The van der Waals surface area contributed by atoms with Gasteiger partial charge in [0, 0.05) is 3.57 Å². The van der Waals surface area contributed by atoms with Gasteiger partial charge < -0.3 is 15.8 Å². The Kier molecular flexibility index (Phi) is 5.50. The van der Waals surface area contributed by atoms with Gasteiger partial charge in [0.05, 0.1) is 11.1 Å². The van der Waals surface area contributed by atoms with Crippen molar-refractivity contribution in [2.45, 2.75) is 0 Å². The molecule has 0 aliphatic heterocycles. The predicted molar refractivity (Wildman–Crippen MR) is 90.9 cm³/mol. The van der Waals surface area contributed by atoms with Crippen LogP contribution in [-0.4, -0.2) is 24.4 Å². The second kappa shape index (κ2) is 7.36. The van der Waals surface area contributed by atoms with Crippen LogP contribution in [0, 0.1) is 3.57 Å². The van der Waals surface area contributed by atoms with Crippen molar-refractivity contribution >= 4 is 56.7 Å². The third-order valence-electron chi connectivity index (χ3n) is 2.58. The van der Waals surface area contributed by atoms with E-state index in [-0.39, 0.29) is 5.56 Å². The molecule has 0 aliphatic rings. The Morgan fingerprint density at radius 3 is 2.73 bits per heavy atom. The van der Waals surface area contributed by atoms with E-state index < -0.39 is 24.4 Å². The summed E-state index contributed by atoms with van der Waals surface area (Å²) in [4.78, 5) is 34.7. The molecular weight excluding hydrogens is 419 g/mol. The minimum Gasteiger partial charge on any atom is -0.452 e. The summed E-state index contributed by atoms with van der Waals surface area (Å²) < 4.78 is 5.82. The van der Waals surface area contributed by atoms with Gasteiger partial charge in [-0.3, -0.25) is 9.59 Å². The molecule has 0 radical (unpaired) electrons. The van der Waals surface area contributed by atoms with Gasteiger partial charge >= 0.3 is 5.97 Å². The van der Waals surface area contributed by atoms with Crippen LogP contribution >= 0.6 is 33.9 Å². The van der Waals surface area contributed by atoms with Crippen molar-refractivity contribution in [3.63, 3.8) is 0 Å².